The van der Waals surface area contributed by atoms with Crippen LogP contribution in [0.4, 0.5) is 0 Å². The second-order valence-corrected chi connectivity index (χ2v) is 5.10. The summed E-state index contributed by atoms with van der Waals surface area (Å²) in [6.07, 6.45) is 0.769. The maximum absolute atomic E-state index is 12.3. The molecular weight excluding hydrogens is 312 g/mol. The highest BCUT2D eigenvalue weighted by Gasteiger charge is 2.19. The molecule has 24 heavy (non-hydrogen) atoms. The largest absolute Gasteiger partial charge is 0.493 e. The van der Waals surface area contributed by atoms with E-state index in [4.69, 9.17) is 18.9 Å². The highest BCUT2D eigenvalue weighted by atomic mass is 16.5. The number of rotatable bonds is 9. The van der Waals surface area contributed by atoms with E-state index in [1.807, 2.05) is 6.92 Å². The average molecular weight is 336 g/mol. The molecule has 0 unspecified atom stereocenters. The lowest BCUT2D eigenvalue weighted by atomic mass is 10.2. The van der Waals surface area contributed by atoms with Gasteiger partial charge in [-0.1, -0.05) is 0 Å². The zero-order valence-electron chi connectivity index (χ0n) is 14.5. The van der Waals surface area contributed by atoms with Gasteiger partial charge in [0.15, 0.2) is 11.5 Å². The number of nitrogens with one attached hydrogen (secondary N) is 2. The van der Waals surface area contributed by atoms with Crippen molar-refractivity contribution in [3.63, 3.8) is 0 Å². The number of H-pyrrole nitrogens is 1. The fourth-order valence-electron chi connectivity index (χ4n) is 2.48. The SMILES string of the molecule is CCOCCCNC(=O)c1cc2cc(OC)c(OC)c(OC)c2[nH]1. The van der Waals surface area contributed by atoms with Crippen molar-refractivity contribution in [2.75, 3.05) is 41.1 Å². The topological polar surface area (TPSA) is 81.8 Å². The van der Waals surface area contributed by atoms with Crippen LogP contribution in [-0.4, -0.2) is 52.0 Å². The van der Waals surface area contributed by atoms with Gasteiger partial charge in [-0.3, -0.25) is 4.79 Å². The first-order valence-electron chi connectivity index (χ1n) is 7.83. The van der Waals surface area contributed by atoms with Crippen molar-refractivity contribution in [1.82, 2.24) is 10.3 Å². The third kappa shape index (κ3) is 3.73. The van der Waals surface area contributed by atoms with Crippen molar-refractivity contribution >= 4 is 16.8 Å². The standard InChI is InChI=1S/C17H24N2O5/c1-5-24-8-6-7-18-17(20)12-9-11-10-13(21-2)15(22-3)16(23-4)14(11)19-12/h9-10,19H,5-8H2,1-4H3,(H,18,20). The van der Waals surface area contributed by atoms with Crippen molar-refractivity contribution in [3.05, 3.63) is 17.8 Å². The molecular formula is C17H24N2O5. The zero-order valence-corrected chi connectivity index (χ0v) is 14.5. The molecule has 2 aromatic rings. The number of ether oxygens (including phenoxy) is 4. The number of carbonyl (C=O) groups excluding carboxylic acids is 1. The first-order chi connectivity index (χ1) is 11.7. The molecule has 0 aliphatic rings. The summed E-state index contributed by atoms with van der Waals surface area (Å²) in [5.74, 6) is 1.35. The highest BCUT2D eigenvalue weighted by molar-refractivity contribution is 6.00. The summed E-state index contributed by atoms with van der Waals surface area (Å²) >= 11 is 0. The first kappa shape index (κ1) is 17.9. The Kier molecular flexibility index (Phi) is 6.31. The van der Waals surface area contributed by atoms with Crippen LogP contribution in [0.25, 0.3) is 10.9 Å². The monoisotopic (exact) mass is 336 g/mol. The minimum atomic E-state index is -0.178. The second kappa shape index (κ2) is 8.44. The van der Waals surface area contributed by atoms with E-state index in [2.05, 4.69) is 10.3 Å². The molecule has 0 fully saturated rings. The average Bonchev–Trinajstić information content (AvgIpc) is 3.03. The number of aromatic amines is 1. The molecule has 0 radical (unpaired) electrons. The number of benzene rings is 1. The highest BCUT2D eigenvalue weighted by Crippen LogP contribution is 2.43. The van der Waals surface area contributed by atoms with Gasteiger partial charge in [0.25, 0.3) is 5.91 Å². The molecule has 7 heteroatoms. The Hall–Kier alpha value is -2.41. The maximum atomic E-state index is 12.3. The predicted molar refractivity (Wildman–Crippen MR) is 91.4 cm³/mol. The van der Waals surface area contributed by atoms with Gasteiger partial charge < -0.3 is 29.2 Å². The Morgan fingerprint density at radius 1 is 1.12 bits per heavy atom. The maximum Gasteiger partial charge on any atom is 0.267 e. The van der Waals surface area contributed by atoms with Gasteiger partial charge in [-0.15, -0.1) is 0 Å². The summed E-state index contributed by atoms with van der Waals surface area (Å²) in [5, 5.41) is 3.67. The minimum Gasteiger partial charge on any atom is -0.493 e. The van der Waals surface area contributed by atoms with Crippen LogP contribution >= 0.6 is 0 Å². The fourth-order valence-corrected chi connectivity index (χ4v) is 2.48. The van der Waals surface area contributed by atoms with Gasteiger partial charge >= 0.3 is 0 Å². The lowest BCUT2D eigenvalue weighted by molar-refractivity contribution is 0.0940. The molecule has 2 N–H and O–H groups in total. The number of hydrogen-bond donors (Lipinski definition) is 2. The van der Waals surface area contributed by atoms with Gasteiger partial charge in [0, 0.05) is 25.1 Å². The van der Waals surface area contributed by atoms with E-state index in [9.17, 15) is 4.79 Å². The molecule has 1 amide bonds. The molecule has 0 aliphatic carbocycles. The molecule has 1 aromatic carbocycles. The number of methoxy groups -OCH3 is 3. The second-order valence-electron chi connectivity index (χ2n) is 5.10. The molecule has 1 heterocycles. The van der Waals surface area contributed by atoms with Crippen LogP contribution in [0.15, 0.2) is 12.1 Å². The van der Waals surface area contributed by atoms with E-state index in [1.54, 1.807) is 33.5 Å². The predicted octanol–water partition coefficient (Wildman–Crippen LogP) is 2.35. The third-order valence-corrected chi connectivity index (χ3v) is 3.62. The Labute approximate surface area is 141 Å². The van der Waals surface area contributed by atoms with Crippen molar-refractivity contribution < 1.29 is 23.7 Å². The number of hydrogen-bond acceptors (Lipinski definition) is 5. The zero-order chi connectivity index (χ0) is 17.5. The molecule has 0 spiro atoms. The Morgan fingerprint density at radius 3 is 2.50 bits per heavy atom. The molecule has 0 atom stereocenters. The van der Waals surface area contributed by atoms with Crippen LogP contribution in [0.1, 0.15) is 23.8 Å². The number of fused-ring (bicyclic) bond motifs is 1. The van der Waals surface area contributed by atoms with Gasteiger partial charge in [0.1, 0.15) is 5.69 Å². The van der Waals surface area contributed by atoms with Gasteiger partial charge in [-0.25, -0.2) is 0 Å². The first-order valence-corrected chi connectivity index (χ1v) is 7.83. The van der Waals surface area contributed by atoms with Gasteiger partial charge in [-0.05, 0) is 25.5 Å². The Morgan fingerprint density at radius 2 is 1.88 bits per heavy atom. The van der Waals surface area contributed by atoms with Crippen molar-refractivity contribution in [3.8, 4) is 17.2 Å². The summed E-state index contributed by atoms with van der Waals surface area (Å²) in [6.45, 7) is 3.81. The quantitative estimate of drug-likeness (QED) is 0.687. The van der Waals surface area contributed by atoms with E-state index in [-0.39, 0.29) is 5.91 Å². The summed E-state index contributed by atoms with van der Waals surface area (Å²) in [7, 11) is 4.65. The summed E-state index contributed by atoms with van der Waals surface area (Å²) in [4.78, 5) is 15.4. The number of aromatic nitrogens is 1. The van der Waals surface area contributed by atoms with Gasteiger partial charge in [0.05, 0.1) is 26.8 Å². The van der Waals surface area contributed by atoms with Crippen LogP contribution in [0, 0.1) is 0 Å². The fraction of sp³-hybridized carbons (Fsp3) is 0.471. The molecule has 7 nitrogen and oxygen atoms in total. The summed E-state index contributed by atoms with van der Waals surface area (Å²) in [5.41, 5.74) is 1.14. The normalized spacial score (nSPS) is 10.7. The number of amides is 1. The third-order valence-electron chi connectivity index (χ3n) is 3.62. The number of carbonyl (C=O) groups is 1. The lowest BCUT2D eigenvalue weighted by Crippen LogP contribution is -2.25. The van der Waals surface area contributed by atoms with Crippen LogP contribution in [0.2, 0.25) is 0 Å². The van der Waals surface area contributed by atoms with E-state index in [0.717, 1.165) is 11.8 Å². The van der Waals surface area contributed by atoms with Crippen molar-refractivity contribution in [2.24, 2.45) is 0 Å². The van der Waals surface area contributed by atoms with E-state index < -0.39 is 0 Å². The molecule has 132 valence electrons. The van der Waals surface area contributed by atoms with Crippen LogP contribution in [0.3, 0.4) is 0 Å². The minimum absolute atomic E-state index is 0.178. The molecule has 2 rings (SSSR count). The molecule has 1 aromatic heterocycles. The Bertz CT molecular complexity index is 696. The van der Waals surface area contributed by atoms with E-state index in [1.165, 1.54) is 0 Å². The van der Waals surface area contributed by atoms with Gasteiger partial charge in [-0.2, -0.15) is 0 Å². The van der Waals surface area contributed by atoms with Crippen LogP contribution in [0.5, 0.6) is 17.2 Å². The van der Waals surface area contributed by atoms with Crippen LogP contribution in [-0.2, 0) is 4.74 Å². The van der Waals surface area contributed by atoms with Crippen molar-refractivity contribution in [2.45, 2.75) is 13.3 Å². The van der Waals surface area contributed by atoms with E-state index in [0.29, 0.717) is 48.2 Å². The smallest absolute Gasteiger partial charge is 0.267 e. The molecule has 0 saturated carbocycles. The molecule has 0 saturated heterocycles. The van der Waals surface area contributed by atoms with Crippen molar-refractivity contribution in [1.29, 1.82) is 0 Å². The molecule has 0 bridgehead atoms. The summed E-state index contributed by atoms with van der Waals surface area (Å²) in [6, 6.07) is 3.57. The van der Waals surface area contributed by atoms with E-state index >= 15 is 0 Å². The lowest BCUT2D eigenvalue weighted by Gasteiger charge is -2.12. The Balaban J connectivity index is 2.22. The summed E-state index contributed by atoms with van der Waals surface area (Å²) < 4.78 is 21.4. The molecule has 0 aliphatic heterocycles. The van der Waals surface area contributed by atoms with Gasteiger partial charge in [0.2, 0.25) is 5.75 Å². The van der Waals surface area contributed by atoms with Crippen LogP contribution < -0.4 is 19.5 Å².